The number of anilines is 1. The van der Waals surface area contributed by atoms with Crippen LogP contribution in [0.15, 0.2) is 60.8 Å². The van der Waals surface area contributed by atoms with Crippen molar-refractivity contribution in [1.82, 2.24) is 9.88 Å². The molecular weight excluding hydrogens is 492 g/mol. The summed E-state index contributed by atoms with van der Waals surface area (Å²) < 4.78 is 5.61. The molecule has 0 bridgehead atoms. The van der Waals surface area contributed by atoms with Crippen LogP contribution in [0, 0.1) is 11.3 Å². The Labute approximate surface area is 221 Å². The second-order valence-electron chi connectivity index (χ2n) is 9.23. The number of halogens is 1. The zero-order valence-electron chi connectivity index (χ0n) is 20.7. The topological polar surface area (TPSA) is 113 Å². The van der Waals surface area contributed by atoms with Gasteiger partial charge in [0, 0.05) is 37.4 Å². The smallest absolute Gasteiger partial charge is 0.120 e. The van der Waals surface area contributed by atoms with Crippen molar-refractivity contribution in [3.63, 3.8) is 0 Å². The number of piperazine rings is 1. The number of aromatic nitrogens is 1. The van der Waals surface area contributed by atoms with Crippen LogP contribution in [0.3, 0.4) is 0 Å². The Balaban J connectivity index is 1.58. The van der Waals surface area contributed by atoms with Gasteiger partial charge in [0.1, 0.15) is 18.4 Å². The van der Waals surface area contributed by atoms with Gasteiger partial charge in [-0.25, -0.2) is 0 Å². The molecule has 0 spiro atoms. The number of benzene rings is 2. The summed E-state index contributed by atoms with van der Waals surface area (Å²) in [6, 6.07) is 18.8. The summed E-state index contributed by atoms with van der Waals surface area (Å²) in [5, 5.41) is 40.4. The lowest BCUT2D eigenvalue weighted by Crippen LogP contribution is -2.49. The van der Waals surface area contributed by atoms with Crippen molar-refractivity contribution in [3.05, 3.63) is 88.2 Å². The molecule has 0 unspecified atom stereocenters. The highest BCUT2D eigenvalue weighted by molar-refractivity contribution is 6.30. The van der Waals surface area contributed by atoms with Crippen LogP contribution in [-0.4, -0.2) is 64.1 Å². The summed E-state index contributed by atoms with van der Waals surface area (Å²) in [6.45, 7) is 3.99. The van der Waals surface area contributed by atoms with Gasteiger partial charge in [-0.05, 0) is 60.5 Å². The molecule has 1 aromatic heterocycles. The normalized spacial score (nSPS) is 17.7. The molecule has 37 heavy (non-hydrogen) atoms. The van der Waals surface area contributed by atoms with E-state index in [2.05, 4.69) is 20.9 Å². The van der Waals surface area contributed by atoms with Crippen LogP contribution in [0.2, 0.25) is 5.02 Å². The Kier molecular flexibility index (Phi) is 8.98. The van der Waals surface area contributed by atoms with Crippen LogP contribution >= 0.6 is 11.6 Å². The third kappa shape index (κ3) is 6.77. The molecule has 0 radical (unpaired) electrons. The molecule has 9 heteroatoms. The summed E-state index contributed by atoms with van der Waals surface area (Å²) in [4.78, 5) is 8.50. The number of pyridine rings is 1. The van der Waals surface area contributed by atoms with Crippen LogP contribution < -0.4 is 9.64 Å². The molecule has 1 aliphatic heterocycles. The zero-order chi connectivity index (χ0) is 26.4. The molecule has 2 aromatic carbocycles. The lowest BCUT2D eigenvalue weighted by atomic mass is 9.99. The van der Waals surface area contributed by atoms with Crippen molar-refractivity contribution >= 4 is 17.3 Å². The fourth-order valence-corrected chi connectivity index (χ4v) is 4.69. The molecule has 1 fully saturated rings. The maximum Gasteiger partial charge on any atom is 0.120 e. The van der Waals surface area contributed by atoms with Gasteiger partial charge in [-0.2, -0.15) is 5.26 Å². The molecule has 3 atom stereocenters. The largest absolute Gasteiger partial charge is 0.491 e. The molecule has 194 valence electrons. The standard InChI is InChI=1S/C28H31ClN4O4/c1-19(35)18-37-25-6-7-26(22(13-25)14-30)33-11-10-32(15-27(33)20-2-4-23(29)5-3-20)16-28(36)21-8-9-31-24(12-21)17-34/h2-9,12-13,19,27-28,34-36H,10-11,15-18H2,1H3/t19-,27-,28+/m0/s1. The Morgan fingerprint density at radius 1 is 1.14 bits per heavy atom. The van der Waals surface area contributed by atoms with Gasteiger partial charge in [0.15, 0.2) is 0 Å². The number of aliphatic hydroxyl groups excluding tert-OH is 3. The Morgan fingerprint density at radius 3 is 2.62 bits per heavy atom. The predicted octanol–water partition coefficient (Wildman–Crippen LogP) is 3.46. The molecule has 1 aliphatic rings. The number of β-amino-alcohol motifs (C(OH)–C–C–N with tert-alkyl or cyclic N) is 1. The van der Waals surface area contributed by atoms with E-state index in [9.17, 15) is 20.6 Å². The SMILES string of the molecule is C[C@H](O)COc1ccc(N2CCN(C[C@@H](O)c3ccnc(CO)c3)C[C@H]2c2ccc(Cl)cc2)c(C#N)c1. The van der Waals surface area contributed by atoms with Crippen LogP contribution in [0.25, 0.3) is 0 Å². The van der Waals surface area contributed by atoms with Gasteiger partial charge >= 0.3 is 0 Å². The van der Waals surface area contributed by atoms with Crippen LogP contribution in [0.5, 0.6) is 5.75 Å². The predicted molar refractivity (Wildman–Crippen MR) is 141 cm³/mol. The van der Waals surface area contributed by atoms with Gasteiger partial charge in [0.05, 0.1) is 41.8 Å². The Morgan fingerprint density at radius 2 is 1.92 bits per heavy atom. The van der Waals surface area contributed by atoms with Gasteiger partial charge in [-0.1, -0.05) is 23.7 Å². The van der Waals surface area contributed by atoms with Crippen molar-refractivity contribution < 1.29 is 20.1 Å². The molecule has 8 nitrogen and oxygen atoms in total. The van der Waals surface area contributed by atoms with E-state index >= 15 is 0 Å². The number of rotatable bonds is 9. The van der Waals surface area contributed by atoms with Crippen LogP contribution in [0.4, 0.5) is 5.69 Å². The number of ether oxygens (including phenoxy) is 1. The highest BCUT2D eigenvalue weighted by atomic mass is 35.5. The molecule has 2 heterocycles. The van der Waals surface area contributed by atoms with Crippen molar-refractivity contribution in [1.29, 1.82) is 5.26 Å². The summed E-state index contributed by atoms with van der Waals surface area (Å²) >= 11 is 6.16. The lowest BCUT2D eigenvalue weighted by molar-refractivity contribution is 0.100. The second-order valence-corrected chi connectivity index (χ2v) is 9.66. The fourth-order valence-electron chi connectivity index (χ4n) is 4.57. The maximum atomic E-state index is 10.9. The Hall–Kier alpha value is -3.19. The molecule has 4 rings (SSSR count). The number of nitriles is 1. The minimum atomic E-state index is -0.731. The highest BCUT2D eigenvalue weighted by Crippen LogP contribution is 2.35. The number of nitrogens with zero attached hydrogens (tertiary/aromatic N) is 4. The fraction of sp³-hybridized carbons (Fsp3) is 0.357. The first kappa shape index (κ1) is 26.9. The first-order chi connectivity index (χ1) is 17.9. The van der Waals surface area contributed by atoms with E-state index in [1.807, 2.05) is 36.4 Å². The van der Waals surface area contributed by atoms with E-state index in [1.165, 1.54) is 0 Å². The summed E-state index contributed by atoms with van der Waals surface area (Å²) in [5.74, 6) is 0.533. The molecule has 3 N–H and O–H groups in total. The molecule has 0 saturated carbocycles. The molecular formula is C28H31ClN4O4. The van der Waals surface area contributed by atoms with Crippen LogP contribution in [-0.2, 0) is 6.61 Å². The third-order valence-corrected chi connectivity index (χ3v) is 6.68. The number of hydrogen-bond acceptors (Lipinski definition) is 8. The van der Waals surface area contributed by atoms with Crippen molar-refractivity contribution in [2.45, 2.75) is 31.8 Å². The van der Waals surface area contributed by atoms with E-state index in [-0.39, 0.29) is 19.3 Å². The second kappa shape index (κ2) is 12.4. The average Bonchev–Trinajstić information content (AvgIpc) is 2.92. The average molecular weight is 523 g/mol. The van der Waals surface area contributed by atoms with Gasteiger partial charge in [-0.3, -0.25) is 9.88 Å². The molecule has 0 aliphatic carbocycles. The van der Waals surface area contributed by atoms with Gasteiger partial charge < -0.3 is 25.0 Å². The highest BCUT2D eigenvalue weighted by Gasteiger charge is 2.31. The Bertz CT molecular complexity index is 1230. The lowest BCUT2D eigenvalue weighted by Gasteiger charge is -2.44. The minimum Gasteiger partial charge on any atom is -0.491 e. The molecule has 0 amide bonds. The molecule has 3 aromatic rings. The maximum absolute atomic E-state index is 10.9. The van der Waals surface area contributed by atoms with E-state index in [0.717, 1.165) is 11.3 Å². The zero-order valence-corrected chi connectivity index (χ0v) is 21.4. The summed E-state index contributed by atoms with van der Waals surface area (Å²) in [5.41, 5.74) is 3.57. The quantitative estimate of drug-likeness (QED) is 0.391. The third-order valence-electron chi connectivity index (χ3n) is 6.43. The van der Waals surface area contributed by atoms with Crippen molar-refractivity contribution in [2.75, 3.05) is 37.7 Å². The molecule has 1 saturated heterocycles. The van der Waals surface area contributed by atoms with E-state index in [4.69, 9.17) is 16.3 Å². The number of aliphatic hydroxyl groups is 3. The van der Waals surface area contributed by atoms with Gasteiger partial charge in [0.2, 0.25) is 0 Å². The minimum absolute atomic E-state index is 0.0833. The van der Waals surface area contributed by atoms with Gasteiger partial charge in [0.25, 0.3) is 0 Å². The summed E-state index contributed by atoms with van der Waals surface area (Å²) in [6.07, 6.45) is 0.257. The monoisotopic (exact) mass is 522 g/mol. The van der Waals surface area contributed by atoms with Crippen LogP contribution in [0.1, 0.15) is 41.5 Å². The van der Waals surface area contributed by atoms with Gasteiger partial charge in [-0.15, -0.1) is 0 Å². The van der Waals surface area contributed by atoms with Crippen molar-refractivity contribution in [2.24, 2.45) is 0 Å². The van der Waals surface area contributed by atoms with E-state index < -0.39 is 12.2 Å². The summed E-state index contributed by atoms with van der Waals surface area (Å²) in [7, 11) is 0. The first-order valence-corrected chi connectivity index (χ1v) is 12.6. The van der Waals surface area contributed by atoms with E-state index in [1.54, 1.807) is 31.3 Å². The number of hydrogen-bond donors (Lipinski definition) is 3. The van der Waals surface area contributed by atoms with Crippen molar-refractivity contribution in [3.8, 4) is 11.8 Å². The van der Waals surface area contributed by atoms with E-state index in [0.29, 0.717) is 53.8 Å². The first-order valence-electron chi connectivity index (χ1n) is 12.2.